The van der Waals surface area contributed by atoms with Gasteiger partial charge < -0.3 is 4.74 Å². The highest BCUT2D eigenvalue weighted by Gasteiger charge is 2.26. The molecule has 1 aromatic carbocycles. The number of halogens is 2. The number of carbonyl (C=O) groups is 1. The first-order valence-corrected chi connectivity index (χ1v) is 5.31. The van der Waals surface area contributed by atoms with Crippen LogP contribution in [-0.4, -0.2) is 18.5 Å². The van der Waals surface area contributed by atoms with Gasteiger partial charge in [0.2, 0.25) is 0 Å². The normalized spacial score (nSPS) is 11.6. The summed E-state index contributed by atoms with van der Waals surface area (Å²) >= 11 is 0. The summed E-state index contributed by atoms with van der Waals surface area (Å²) in [7, 11) is 1.45. The lowest BCUT2D eigenvalue weighted by Gasteiger charge is -2.22. The molecular weight excluding hydrogens is 226 g/mol. The largest absolute Gasteiger partial charge is 0.378 e. The van der Waals surface area contributed by atoms with E-state index in [1.165, 1.54) is 20.1 Å². The molecule has 0 heterocycles. The Labute approximate surface area is 99.6 Å². The molecule has 0 N–H and O–H groups in total. The van der Waals surface area contributed by atoms with Crippen LogP contribution in [0, 0.1) is 18.6 Å². The molecule has 0 aliphatic carbocycles. The fraction of sp³-hybridized carbons (Fsp3) is 0.462. The van der Waals surface area contributed by atoms with Crippen molar-refractivity contribution in [1.82, 2.24) is 0 Å². The molecule has 0 unspecified atom stereocenters. The minimum absolute atomic E-state index is 0.0687. The Morgan fingerprint density at radius 1 is 1.35 bits per heavy atom. The van der Waals surface area contributed by atoms with Gasteiger partial charge in [0.1, 0.15) is 11.6 Å². The maximum absolute atomic E-state index is 13.7. The number of hydrogen-bond acceptors (Lipinski definition) is 2. The minimum atomic E-state index is -0.829. The molecule has 0 aliphatic heterocycles. The van der Waals surface area contributed by atoms with Crippen molar-refractivity contribution in [3.8, 4) is 0 Å². The summed E-state index contributed by atoms with van der Waals surface area (Å²) in [4.78, 5) is 11.9. The zero-order valence-electron chi connectivity index (χ0n) is 10.4. The quantitative estimate of drug-likeness (QED) is 0.757. The first-order chi connectivity index (χ1) is 7.78. The lowest BCUT2D eigenvalue weighted by Crippen LogP contribution is -2.27. The monoisotopic (exact) mass is 242 g/mol. The molecule has 0 aliphatic rings. The van der Waals surface area contributed by atoms with Crippen LogP contribution in [0.2, 0.25) is 0 Å². The van der Waals surface area contributed by atoms with E-state index in [1.54, 1.807) is 13.8 Å². The summed E-state index contributed by atoms with van der Waals surface area (Å²) in [5, 5.41) is 0. The topological polar surface area (TPSA) is 26.3 Å². The van der Waals surface area contributed by atoms with Crippen LogP contribution in [0.5, 0.6) is 0 Å². The van der Waals surface area contributed by atoms with Crippen LogP contribution >= 0.6 is 0 Å². The highest BCUT2D eigenvalue weighted by molar-refractivity contribution is 5.97. The van der Waals surface area contributed by atoms with Crippen molar-refractivity contribution in [3.63, 3.8) is 0 Å². The van der Waals surface area contributed by atoms with E-state index in [1.807, 2.05) is 0 Å². The van der Waals surface area contributed by atoms with Gasteiger partial charge in [-0.2, -0.15) is 0 Å². The zero-order valence-corrected chi connectivity index (χ0v) is 10.4. The Morgan fingerprint density at radius 2 is 1.94 bits per heavy atom. The van der Waals surface area contributed by atoms with Crippen molar-refractivity contribution in [3.05, 3.63) is 34.9 Å². The molecule has 17 heavy (non-hydrogen) atoms. The molecular formula is C13H16F2O2. The van der Waals surface area contributed by atoms with Crippen LogP contribution in [-0.2, 0) is 4.74 Å². The maximum Gasteiger partial charge on any atom is 0.171 e. The molecule has 0 amide bonds. The second-order valence-corrected chi connectivity index (χ2v) is 4.62. The Morgan fingerprint density at radius 3 is 2.47 bits per heavy atom. The first kappa shape index (κ1) is 13.8. The van der Waals surface area contributed by atoms with E-state index in [0.717, 1.165) is 6.07 Å². The van der Waals surface area contributed by atoms with E-state index in [9.17, 15) is 13.6 Å². The summed E-state index contributed by atoms with van der Waals surface area (Å²) in [6.07, 6.45) is -0.0687. The lowest BCUT2D eigenvalue weighted by atomic mass is 9.95. The van der Waals surface area contributed by atoms with Crippen LogP contribution < -0.4 is 0 Å². The van der Waals surface area contributed by atoms with Gasteiger partial charge in [-0.05, 0) is 32.4 Å². The van der Waals surface area contributed by atoms with Crippen LogP contribution in [0.3, 0.4) is 0 Å². The fourth-order valence-corrected chi connectivity index (χ4v) is 1.46. The van der Waals surface area contributed by atoms with E-state index < -0.39 is 28.6 Å². The average Bonchev–Trinajstić information content (AvgIpc) is 2.23. The summed E-state index contributed by atoms with van der Waals surface area (Å²) < 4.78 is 32.2. The van der Waals surface area contributed by atoms with Crippen LogP contribution in [0.1, 0.15) is 36.2 Å². The molecule has 94 valence electrons. The molecule has 0 spiro atoms. The van der Waals surface area contributed by atoms with E-state index in [0.29, 0.717) is 0 Å². The molecule has 1 rings (SSSR count). The van der Waals surface area contributed by atoms with Gasteiger partial charge in [-0.1, -0.05) is 6.07 Å². The Kier molecular flexibility index (Phi) is 3.98. The van der Waals surface area contributed by atoms with Crippen LogP contribution in [0.4, 0.5) is 8.78 Å². The lowest BCUT2D eigenvalue weighted by molar-refractivity contribution is 0.0170. The molecule has 1 aromatic rings. The fourth-order valence-electron chi connectivity index (χ4n) is 1.46. The summed E-state index contributed by atoms with van der Waals surface area (Å²) in [6, 6.07) is 2.41. The zero-order chi connectivity index (χ0) is 13.2. The second kappa shape index (κ2) is 4.92. The molecule has 4 heteroatoms. The number of benzene rings is 1. The molecule has 0 saturated carbocycles. The van der Waals surface area contributed by atoms with E-state index in [-0.39, 0.29) is 12.0 Å². The van der Waals surface area contributed by atoms with E-state index >= 15 is 0 Å². The van der Waals surface area contributed by atoms with Crippen LogP contribution in [0.15, 0.2) is 12.1 Å². The third-order valence-corrected chi connectivity index (χ3v) is 2.70. The number of ketones is 1. The van der Waals surface area contributed by atoms with E-state index in [2.05, 4.69) is 0 Å². The minimum Gasteiger partial charge on any atom is -0.378 e. The Balaban J connectivity index is 3.09. The summed E-state index contributed by atoms with van der Waals surface area (Å²) in [5.74, 6) is -2.21. The highest BCUT2D eigenvalue weighted by atomic mass is 19.1. The van der Waals surface area contributed by atoms with Crippen LogP contribution in [0.25, 0.3) is 0 Å². The molecule has 2 nitrogen and oxygen atoms in total. The summed E-state index contributed by atoms with van der Waals surface area (Å²) in [5.41, 5.74) is -0.959. The molecule has 0 aromatic heterocycles. The van der Waals surface area contributed by atoms with Gasteiger partial charge >= 0.3 is 0 Å². The van der Waals surface area contributed by atoms with Gasteiger partial charge in [0.05, 0.1) is 11.2 Å². The Hall–Kier alpha value is -1.29. The number of rotatable bonds is 4. The number of carbonyl (C=O) groups excluding carboxylic acids is 1. The predicted molar refractivity (Wildman–Crippen MR) is 61.1 cm³/mol. The van der Waals surface area contributed by atoms with Crippen molar-refractivity contribution in [2.75, 3.05) is 7.11 Å². The third-order valence-electron chi connectivity index (χ3n) is 2.70. The van der Waals surface area contributed by atoms with Gasteiger partial charge in [-0.15, -0.1) is 0 Å². The third kappa shape index (κ3) is 3.09. The number of aryl methyl sites for hydroxylation is 1. The number of ether oxygens (including phenoxy) is 1. The molecule has 0 atom stereocenters. The summed E-state index contributed by atoms with van der Waals surface area (Å²) in [6.45, 7) is 4.88. The molecule has 0 radical (unpaired) electrons. The van der Waals surface area contributed by atoms with Gasteiger partial charge in [-0.25, -0.2) is 8.78 Å². The van der Waals surface area contributed by atoms with Gasteiger partial charge in [0.15, 0.2) is 5.78 Å². The van der Waals surface area contributed by atoms with E-state index in [4.69, 9.17) is 4.74 Å². The van der Waals surface area contributed by atoms with Crippen molar-refractivity contribution in [2.45, 2.75) is 32.8 Å². The highest BCUT2D eigenvalue weighted by Crippen LogP contribution is 2.22. The van der Waals surface area contributed by atoms with Crippen molar-refractivity contribution in [1.29, 1.82) is 0 Å². The predicted octanol–water partition coefficient (Wildman–Crippen LogP) is 3.27. The Bertz CT molecular complexity index is 439. The van der Waals surface area contributed by atoms with Gasteiger partial charge in [0.25, 0.3) is 0 Å². The number of methoxy groups -OCH3 is 1. The molecule has 0 fully saturated rings. The average molecular weight is 242 g/mol. The SMILES string of the molecule is COC(C)(C)CC(=O)c1c(F)ccc(C)c1F. The standard InChI is InChI=1S/C13H16F2O2/c1-8-5-6-9(14)11(12(8)15)10(16)7-13(2,3)17-4/h5-6H,7H2,1-4H3. The first-order valence-electron chi connectivity index (χ1n) is 5.31. The molecule has 0 bridgehead atoms. The second-order valence-electron chi connectivity index (χ2n) is 4.62. The smallest absolute Gasteiger partial charge is 0.171 e. The van der Waals surface area contributed by atoms with Gasteiger partial charge in [0, 0.05) is 13.5 Å². The van der Waals surface area contributed by atoms with Gasteiger partial charge in [-0.3, -0.25) is 4.79 Å². The maximum atomic E-state index is 13.7. The number of hydrogen-bond donors (Lipinski definition) is 0. The van der Waals surface area contributed by atoms with Crippen molar-refractivity contribution < 1.29 is 18.3 Å². The van der Waals surface area contributed by atoms with Crippen molar-refractivity contribution >= 4 is 5.78 Å². The van der Waals surface area contributed by atoms with Crippen molar-refractivity contribution in [2.24, 2.45) is 0 Å². The number of Topliss-reactive ketones (excluding diaryl/α,β-unsaturated/α-hetero) is 1. The molecule has 0 saturated heterocycles.